The average Bonchev–Trinajstić information content (AvgIpc) is 2.37. The summed E-state index contributed by atoms with van der Waals surface area (Å²) in [6, 6.07) is 0.300. The van der Waals surface area contributed by atoms with Crippen LogP contribution in [0, 0.1) is 5.92 Å². The topological polar surface area (TPSA) is 89.2 Å². The van der Waals surface area contributed by atoms with Crippen LogP contribution in [0.2, 0.25) is 0 Å². The molecule has 1 aromatic rings. The van der Waals surface area contributed by atoms with Gasteiger partial charge in [-0.15, -0.1) is 0 Å². The molecule has 0 aliphatic carbocycles. The molecular formula is C11H22N6O. The standard InChI is InChI=1S/C11H22N6O/c1-5-17(6-2)10-13-9(16-12)14-11(15-10)18-7-8(3)4/h8H,5-7,12H2,1-4H3,(H,13,14,15,16). The molecule has 0 atom stereocenters. The van der Waals surface area contributed by atoms with Crippen molar-refractivity contribution in [1.29, 1.82) is 0 Å². The molecule has 0 amide bonds. The highest BCUT2D eigenvalue weighted by molar-refractivity contribution is 5.37. The van der Waals surface area contributed by atoms with E-state index in [9.17, 15) is 0 Å². The third-order valence-electron chi connectivity index (χ3n) is 2.32. The van der Waals surface area contributed by atoms with Gasteiger partial charge in [0.05, 0.1) is 6.61 Å². The minimum Gasteiger partial charge on any atom is -0.463 e. The van der Waals surface area contributed by atoms with Crippen molar-refractivity contribution in [3.63, 3.8) is 0 Å². The number of ether oxygens (including phenoxy) is 1. The predicted octanol–water partition coefficient (Wildman–Crippen LogP) is 1.04. The van der Waals surface area contributed by atoms with Crippen molar-refractivity contribution >= 4 is 11.9 Å². The van der Waals surface area contributed by atoms with Gasteiger partial charge in [-0.25, -0.2) is 5.84 Å². The Kier molecular flexibility index (Phi) is 5.57. The molecule has 0 fully saturated rings. The van der Waals surface area contributed by atoms with Gasteiger partial charge in [0.25, 0.3) is 0 Å². The number of aromatic nitrogens is 3. The van der Waals surface area contributed by atoms with Gasteiger partial charge in [-0.05, 0) is 19.8 Å². The fourth-order valence-electron chi connectivity index (χ4n) is 1.36. The summed E-state index contributed by atoms with van der Waals surface area (Å²) in [5.74, 6) is 6.64. The van der Waals surface area contributed by atoms with Crippen LogP contribution in [0.5, 0.6) is 6.01 Å². The first-order chi connectivity index (χ1) is 8.60. The number of nitrogens with one attached hydrogen (secondary N) is 1. The fourth-order valence-corrected chi connectivity index (χ4v) is 1.36. The zero-order valence-corrected chi connectivity index (χ0v) is 11.5. The highest BCUT2D eigenvalue weighted by atomic mass is 16.5. The van der Waals surface area contributed by atoms with E-state index in [4.69, 9.17) is 10.6 Å². The van der Waals surface area contributed by atoms with Crippen molar-refractivity contribution in [3.8, 4) is 6.01 Å². The summed E-state index contributed by atoms with van der Waals surface area (Å²) in [6.45, 7) is 10.4. The monoisotopic (exact) mass is 254 g/mol. The van der Waals surface area contributed by atoms with Crippen molar-refractivity contribution in [2.24, 2.45) is 11.8 Å². The van der Waals surface area contributed by atoms with Crippen molar-refractivity contribution in [1.82, 2.24) is 15.0 Å². The van der Waals surface area contributed by atoms with Gasteiger partial charge >= 0.3 is 6.01 Å². The molecule has 3 N–H and O–H groups in total. The van der Waals surface area contributed by atoms with E-state index in [0.29, 0.717) is 30.4 Å². The summed E-state index contributed by atoms with van der Waals surface area (Å²) in [5.41, 5.74) is 2.43. The van der Waals surface area contributed by atoms with Gasteiger partial charge < -0.3 is 9.64 Å². The normalized spacial score (nSPS) is 10.6. The average molecular weight is 254 g/mol. The van der Waals surface area contributed by atoms with Gasteiger partial charge in [0.15, 0.2) is 0 Å². The predicted molar refractivity (Wildman–Crippen MR) is 71.5 cm³/mol. The lowest BCUT2D eigenvalue weighted by atomic mass is 10.2. The van der Waals surface area contributed by atoms with Crippen LogP contribution in [0.25, 0.3) is 0 Å². The van der Waals surface area contributed by atoms with Crippen LogP contribution in [-0.2, 0) is 0 Å². The van der Waals surface area contributed by atoms with Gasteiger partial charge in [-0.1, -0.05) is 13.8 Å². The molecule has 0 saturated heterocycles. The molecule has 7 nitrogen and oxygen atoms in total. The van der Waals surface area contributed by atoms with Crippen LogP contribution in [0.3, 0.4) is 0 Å². The summed E-state index contributed by atoms with van der Waals surface area (Å²) in [6.07, 6.45) is 0. The molecule has 18 heavy (non-hydrogen) atoms. The fraction of sp³-hybridized carbons (Fsp3) is 0.727. The first-order valence-electron chi connectivity index (χ1n) is 6.21. The van der Waals surface area contributed by atoms with E-state index in [2.05, 4.69) is 34.2 Å². The number of nitrogens with zero attached hydrogens (tertiary/aromatic N) is 4. The minimum atomic E-state index is 0.300. The number of anilines is 2. The van der Waals surface area contributed by atoms with Crippen LogP contribution in [0.4, 0.5) is 11.9 Å². The maximum Gasteiger partial charge on any atom is 0.323 e. The molecule has 1 rings (SSSR count). The largest absolute Gasteiger partial charge is 0.463 e. The Morgan fingerprint density at radius 2 is 1.89 bits per heavy atom. The highest BCUT2D eigenvalue weighted by Crippen LogP contribution is 2.14. The van der Waals surface area contributed by atoms with E-state index in [1.54, 1.807) is 0 Å². The first-order valence-corrected chi connectivity index (χ1v) is 6.21. The second kappa shape index (κ2) is 6.95. The smallest absolute Gasteiger partial charge is 0.323 e. The van der Waals surface area contributed by atoms with Crippen LogP contribution >= 0.6 is 0 Å². The zero-order valence-electron chi connectivity index (χ0n) is 11.5. The molecule has 1 heterocycles. The van der Waals surface area contributed by atoms with E-state index >= 15 is 0 Å². The molecule has 0 aliphatic heterocycles. The van der Waals surface area contributed by atoms with Gasteiger partial charge in [0.1, 0.15) is 0 Å². The lowest BCUT2D eigenvalue weighted by Gasteiger charge is -2.19. The molecule has 0 unspecified atom stereocenters. The molecule has 0 spiro atoms. The third kappa shape index (κ3) is 3.99. The number of hydrogen-bond acceptors (Lipinski definition) is 7. The lowest BCUT2D eigenvalue weighted by molar-refractivity contribution is 0.250. The summed E-state index contributed by atoms with van der Waals surface area (Å²) < 4.78 is 5.51. The number of nitrogen functional groups attached to an aromatic ring is 1. The SMILES string of the molecule is CCN(CC)c1nc(NN)nc(OCC(C)C)n1. The van der Waals surface area contributed by atoms with Crippen LogP contribution in [0.1, 0.15) is 27.7 Å². The summed E-state index contributed by atoms with van der Waals surface area (Å²) in [4.78, 5) is 14.6. The summed E-state index contributed by atoms with van der Waals surface area (Å²) >= 11 is 0. The Balaban J connectivity index is 2.93. The lowest BCUT2D eigenvalue weighted by Crippen LogP contribution is -2.26. The van der Waals surface area contributed by atoms with Crippen molar-refractivity contribution < 1.29 is 4.74 Å². The van der Waals surface area contributed by atoms with E-state index in [-0.39, 0.29) is 0 Å². The minimum absolute atomic E-state index is 0.300. The molecule has 0 aromatic carbocycles. The Morgan fingerprint density at radius 1 is 1.22 bits per heavy atom. The highest BCUT2D eigenvalue weighted by Gasteiger charge is 2.11. The Hall–Kier alpha value is -1.63. The van der Waals surface area contributed by atoms with Gasteiger partial charge in [-0.3, -0.25) is 5.43 Å². The molecule has 0 saturated carbocycles. The van der Waals surface area contributed by atoms with Crippen molar-refractivity contribution in [2.75, 3.05) is 30.0 Å². The third-order valence-corrected chi connectivity index (χ3v) is 2.32. The van der Waals surface area contributed by atoms with E-state index in [0.717, 1.165) is 13.1 Å². The molecular weight excluding hydrogens is 232 g/mol. The quantitative estimate of drug-likeness (QED) is 0.555. The number of hydrazine groups is 1. The number of rotatable bonds is 7. The molecule has 0 aliphatic rings. The van der Waals surface area contributed by atoms with Crippen LogP contribution in [-0.4, -0.2) is 34.6 Å². The second-order valence-electron chi connectivity index (χ2n) is 4.26. The van der Waals surface area contributed by atoms with Gasteiger partial charge in [-0.2, -0.15) is 15.0 Å². The number of hydrogen-bond donors (Lipinski definition) is 2. The summed E-state index contributed by atoms with van der Waals surface area (Å²) in [5, 5.41) is 0. The molecule has 102 valence electrons. The van der Waals surface area contributed by atoms with E-state index in [1.165, 1.54) is 0 Å². The maximum atomic E-state index is 5.51. The molecule has 0 bridgehead atoms. The molecule has 7 heteroatoms. The second-order valence-corrected chi connectivity index (χ2v) is 4.26. The van der Waals surface area contributed by atoms with Gasteiger partial charge in [0, 0.05) is 13.1 Å². The van der Waals surface area contributed by atoms with Crippen LogP contribution < -0.4 is 20.9 Å². The Labute approximate surface area is 108 Å². The number of nitrogens with two attached hydrogens (primary N) is 1. The molecule has 1 aromatic heterocycles. The zero-order chi connectivity index (χ0) is 13.5. The first kappa shape index (κ1) is 14.4. The Morgan fingerprint density at radius 3 is 2.39 bits per heavy atom. The van der Waals surface area contributed by atoms with Crippen molar-refractivity contribution in [2.45, 2.75) is 27.7 Å². The van der Waals surface area contributed by atoms with Crippen molar-refractivity contribution in [3.05, 3.63) is 0 Å². The maximum absolute atomic E-state index is 5.51. The Bertz CT molecular complexity index is 367. The van der Waals surface area contributed by atoms with E-state index in [1.807, 2.05) is 18.7 Å². The van der Waals surface area contributed by atoms with E-state index < -0.39 is 0 Å². The van der Waals surface area contributed by atoms with Crippen LogP contribution in [0.15, 0.2) is 0 Å². The summed E-state index contributed by atoms with van der Waals surface area (Å²) in [7, 11) is 0. The van der Waals surface area contributed by atoms with Gasteiger partial charge in [0.2, 0.25) is 11.9 Å². The molecule has 0 radical (unpaired) electrons.